The van der Waals surface area contributed by atoms with Crippen LogP contribution in [0.3, 0.4) is 0 Å². The number of para-hydroxylation sites is 1. The molecule has 0 saturated carbocycles. The van der Waals surface area contributed by atoms with Crippen LogP contribution < -0.4 is 9.62 Å². The molecule has 0 bridgehead atoms. The molecule has 0 aliphatic rings. The van der Waals surface area contributed by atoms with Gasteiger partial charge in [0.05, 0.1) is 5.69 Å². The van der Waals surface area contributed by atoms with E-state index in [4.69, 9.17) is 0 Å². The van der Waals surface area contributed by atoms with Gasteiger partial charge in [0.25, 0.3) is 10.0 Å². The largest absolute Gasteiger partial charge is 0.364 e. The topological polar surface area (TPSA) is 62.3 Å². The molecule has 1 aromatic heterocycles. The van der Waals surface area contributed by atoms with Crippen molar-refractivity contribution >= 4 is 21.5 Å². The summed E-state index contributed by atoms with van der Waals surface area (Å²) >= 11 is 0. The lowest BCUT2D eigenvalue weighted by atomic mass is 10.1. The minimum absolute atomic E-state index is 0.0672. The van der Waals surface area contributed by atoms with Crippen molar-refractivity contribution in [1.82, 2.24) is 4.98 Å². The fourth-order valence-electron chi connectivity index (χ4n) is 2.88. The summed E-state index contributed by atoms with van der Waals surface area (Å²) in [5.41, 5.74) is 1.78. The molecular formula is C21H23N3O2S. The first-order valence-electron chi connectivity index (χ1n) is 8.87. The monoisotopic (exact) mass is 381 g/mol. The van der Waals surface area contributed by atoms with Gasteiger partial charge in [-0.2, -0.15) is 0 Å². The number of benzene rings is 2. The van der Waals surface area contributed by atoms with Crippen molar-refractivity contribution in [2.24, 2.45) is 0 Å². The molecule has 0 spiro atoms. The van der Waals surface area contributed by atoms with Gasteiger partial charge < -0.3 is 5.32 Å². The van der Waals surface area contributed by atoms with Gasteiger partial charge in [-0.25, -0.2) is 13.4 Å². The fraction of sp³-hybridized carbons (Fsp3) is 0.190. The molecule has 5 nitrogen and oxygen atoms in total. The summed E-state index contributed by atoms with van der Waals surface area (Å²) in [4.78, 5) is 4.48. The van der Waals surface area contributed by atoms with E-state index in [1.165, 1.54) is 10.5 Å². The summed E-state index contributed by atoms with van der Waals surface area (Å²) in [7, 11) is -3.66. The second-order valence-electron chi connectivity index (χ2n) is 6.16. The van der Waals surface area contributed by atoms with Crippen molar-refractivity contribution in [3.63, 3.8) is 0 Å². The summed E-state index contributed by atoms with van der Waals surface area (Å²) in [6, 6.07) is 22.5. The van der Waals surface area contributed by atoms with Crippen molar-refractivity contribution in [1.29, 1.82) is 0 Å². The molecule has 1 N–H and O–H groups in total. The Morgan fingerprint density at radius 1 is 0.963 bits per heavy atom. The minimum atomic E-state index is -3.66. The first kappa shape index (κ1) is 18.9. The maximum atomic E-state index is 13.0. The van der Waals surface area contributed by atoms with Gasteiger partial charge in [0.1, 0.15) is 10.7 Å². The van der Waals surface area contributed by atoms with Crippen molar-refractivity contribution in [2.45, 2.75) is 24.8 Å². The van der Waals surface area contributed by atoms with Crippen molar-refractivity contribution < 1.29 is 8.42 Å². The van der Waals surface area contributed by atoms with Crippen LogP contribution in [0.1, 0.15) is 25.5 Å². The highest BCUT2D eigenvalue weighted by atomic mass is 32.2. The molecule has 2 aromatic carbocycles. The standard InChI is InChI=1S/C21H23N3O2S/c1-3-24(19-12-8-5-9-13-19)27(25,26)20-14-15-21(22-16-20)23-17(2)18-10-6-4-7-11-18/h4-17H,3H2,1-2H3,(H,22,23)/t17-/m1/s1. The number of rotatable bonds is 7. The Kier molecular flexibility index (Phi) is 5.76. The second-order valence-corrected chi connectivity index (χ2v) is 8.02. The number of aromatic nitrogens is 1. The quantitative estimate of drug-likeness (QED) is 0.656. The molecule has 1 heterocycles. The molecule has 0 amide bonds. The van der Waals surface area contributed by atoms with Crippen LogP contribution in [0.2, 0.25) is 0 Å². The minimum Gasteiger partial charge on any atom is -0.364 e. The third-order valence-electron chi connectivity index (χ3n) is 4.32. The number of pyridine rings is 1. The zero-order chi connectivity index (χ0) is 19.3. The molecule has 0 radical (unpaired) electrons. The van der Waals surface area contributed by atoms with Crippen LogP contribution in [0.5, 0.6) is 0 Å². The molecule has 0 aliphatic heterocycles. The number of anilines is 2. The van der Waals surface area contributed by atoms with E-state index in [-0.39, 0.29) is 10.9 Å². The van der Waals surface area contributed by atoms with Gasteiger partial charge in [-0.05, 0) is 43.7 Å². The normalized spacial score (nSPS) is 12.4. The van der Waals surface area contributed by atoms with Crippen LogP contribution in [-0.2, 0) is 10.0 Å². The summed E-state index contributed by atoms with van der Waals surface area (Å²) in [6.07, 6.45) is 1.40. The van der Waals surface area contributed by atoms with Crippen LogP contribution in [0, 0.1) is 0 Å². The molecule has 140 valence electrons. The van der Waals surface area contributed by atoms with Crippen LogP contribution in [0.15, 0.2) is 83.9 Å². The molecule has 0 unspecified atom stereocenters. The van der Waals surface area contributed by atoms with Crippen molar-refractivity contribution in [2.75, 3.05) is 16.2 Å². The van der Waals surface area contributed by atoms with E-state index in [0.29, 0.717) is 18.1 Å². The SMILES string of the molecule is CCN(c1ccccc1)S(=O)(=O)c1ccc(N[C@H](C)c2ccccc2)nc1. The van der Waals surface area contributed by atoms with Crippen LogP contribution in [0.4, 0.5) is 11.5 Å². The Morgan fingerprint density at radius 2 is 1.59 bits per heavy atom. The van der Waals surface area contributed by atoms with E-state index in [1.807, 2.05) is 62.4 Å². The Hall–Kier alpha value is -2.86. The zero-order valence-electron chi connectivity index (χ0n) is 15.4. The molecule has 6 heteroatoms. The molecule has 0 saturated heterocycles. The lowest BCUT2D eigenvalue weighted by Gasteiger charge is -2.23. The average Bonchev–Trinajstić information content (AvgIpc) is 2.70. The summed E-state index contributed by atoms with van der Waals surface area (Å²) in [5, 5.41) is 3.29. The van der Waals surface area contributed by atoms with E-state index in [9.17, 15) is 8.42 Å². The van der Waals surface area contributed by atoms with Gasteiger partial charge in [-0.15, -0.1) is 0 Å². The van der Waals surface area contributed by atoms with Gasteiger partial charge >= 0.3 is 0 Å². The van der Waals surface area contributed by atoms with E-state index < -0.39 is 10.0 Å². The Balaban J connectivity index is 1.79. The van der Waals surface area contributed by atoms with Gasteiger partial charge in [0, 0.05) is 18.8 Å². The highest BCUT2D eigenvalue weighted by molar-refractivity contribution is 7.92. The summed E-state index contributed by atoms with van der Waals surface area (Å²) in [6.45, 7) is 4.20. The molecule has 0 fully saturated rings. The van der Waals surface area contributed by atoms with E-state index in [2.05, 4.69) is 10.3 Å². The van der Waals surface area contributed by atoms with Crippen LogP contribution in [-0.4, -0.2) is 19.9 Å². The van der Waals surface area contributed by atoms with Gasteiger partial charge in [0.2, 0.25) is 0 Å². The third-order valence-corrected chi connectivity index (χ3v) is 6.21. The lowest BCUT2D eigenvalue weighted by molar-refractivity contribution is 0.591. The maximum absolute atomic E-state index is 13.0. The number of hydrogen-bond donors (Lipinski definition) is 1. The van der Waals surface area contributed by atoms with E-state index >= 15 is 0 Å². The van der Waals surface area contributed by atoms with Gasteiger partial charge in [-0.1, -0.05) is 48.5 Å². The molecular weight excluding hydrogens is 358 g/mol. The molecule has 1 atom stereocenters. The molecule has 3 rings (SSSR count). The lowest BCUT2D eigenvalue weighted by Crippen LogP contribution is -2.30. The number of nitrogens with one attached hydrogen (secondary N) is 1. The number of sulfonamides is 1. The summed E-state index contributed by atoms with van der Waals surface area (Å²) in [5.74, 6) is 0.632. The predicted octanol–water partition coefficient (Wildman–Crippen LogP) is 4.47. The predicted molar refractivity (Wildman–Crippen MR) is 109 cm³/mol. The second kappa shape index (κ2) is 8.22. The Labute approximate surface area is 160 Å². The van der Waals surface area contributed by atoms with Crippen LogP contribution >= 0.6 is 0 Å². The first-order chi connectivity index (χ1) is 13.0. The smallest absolute Gasteiger partial charge is 0.265 e. The number of nitrogens with zero attached hydrogens (tertiary/aromatic N) is 2. The van der Waals surface area contributed by atoms with Gasteiger partial charge in [-0.3, -0.25) is 4.31 Å². The average molecular weight is 382 g/mol. The third kappa shape index (κ3) is 4.28. The highest BCUT2D eigenvalue weighted by Crippen LogP contribution is 2.24. The molecule has 3 aromatic rings. The van der Waals surface area contributed by atoms with Crippen LogP contribution in [0.25, 0.3) is 0 Å². The van der Waals surface area contributed by atoms with E-state index in [1.54, 1.807) is 24.3 Å². The summed E-state index contributed by atoms with van der Waals surface area (Å²) < 4.78 is 27.3. The first-order valence-corrected chi connectivity index (χ1v) is 10.3. The van der Waals surface area contributed by atoms with E-state index in [0.717, 1.165) is 5.56 Å². The molecule has 27 heavy (non-hydrogen) atoms. The zero-order valence-corrected chi connectivity index (χ0v) is 16.2. The Bertz CT molecular complexity index is 959. The Morgan fingerprint density at radius 3 is 2.15 bits per heavy atom. The molecule has 0 aliphatic carbocycles. The highest BCUT2D eigenvalue weighted by Gasteiger charge is 2.23. The van der Waals surface area contributed by atoms with Crippen molar-refractivity contribution in [3.8, 4) is 0 Å². The maximum Gasteiger partial charge on any atom is 0.265 e. The van der Waals surface area contributed by atoms with Gasteiger partial charge in [0.15, 0.2) is 0 Å². The number of hydrogen-bond acceptors (Lipinski definition) is 4. The van der Waals surface area contributed by atoms with Crippen molar-refractivity contribution in [3.05, 3.63) is 84.6 Å². The fourth-order valence-corrected chi connectivity index (χ4v) is 4.30.